The summed E-state index contributed by atoms with van der Waals surface area (Å²) in [5.74, 6) is 1.30. The zero-order chi connectivity index (χ0) is 14.5. The molecule has 0 radical (unpaired) electrons. The van der Waals surface area contributed by atoms with E-state index in [9.17, 15) is 5.11 Å². The Morgan fingerprint density at radius 2 is 2.10 bits per heavy atom. The summed E-state index contributed by atoms with van der Waals surface area (Å²) >= 11 is 9.99. The summed E-state index contributed by atoms with van der Waals surface area (Å²) in [6.07, 6.45) is 5.94. The van der Waals surface area contributed by atoms with Crippen LogP contribution in [0.2, 0.25) is 5.02 Å². The van der Waals surface area contributed by atoms with Crippen LogP contribution < -0.4 is 5.32 Å². The normalized spacial score (nSPS) is 29.4. The molecule has 2 N–H and O–H groups in total. The molecule has 110 valence electrons. The van der Waals surface area contributed by atoms with Gasteiger partial charge in [-0.2, -0.15) is 0 Å². The smallest absolute Gasteiger partial charge is 0.131 e. The maximum Gasteiger partial charge on any atom is 0.131 e. The molecule has 0 amide bonds. The lowest BCUT2D eigenvalue weighted by molar-refractivity contribution is -0.00815. The number of nitrogens with zero attached hydrogens (tertiary/aromatic N) is 1. The van der Waals surface area contributed by atoms with E-state index in [2.05, 4.69) is 26.2 Å². The number of hydrogen-bond donors (Lipinski definition) is 2. The fourth-order valence-electron chi connectivity index (χ4n) is 3.73. The molecule has 0 atom stereocenters. The number of aromatic nitrogens is 1. The third kappa shape index (κ3) is 2.26. The third-order valence-electron chi connectivity index (χ3n) is 5.04. The SMILES string of the molecule is CC(C)(O)C1CCC2(CC1)CNc1ncc(Br)c(Cl)c12. The van der Waals surface area contributed by atoms with Gasteiger partial charge in [-0.15, -0.1) is 0 Å². The van der Waals surface area contributed by atoms with Gasteiger partial charge in [0.05, 0.1) is 15.1 Å². The standard InChI is InChI=1S/C15H20BrClN2O/c1-14(2,20)9-3-5-15(6-4-9)8-19-13-11(15)12(17)10(16)7-18-13/h7,9,20H,3-6,8H2,1-2H3,(H,18,19). The van der Waals surface area contributed by atoms with E-state index in [0.29, 0.717) is 5.92 Å². The summed E-state index contributed by atoms with van der Waals surface area (Å²) in [4.78, 5) is 4.45. The molecule has 20 heavy (non-hydrogen) atoms. The summed E-state index contributed by atoms with van der Waals surface area (Å²) in [7, 11) is 0. The number of pyridine rings is 1. The van der Waals surface area contributed by atoms with E-state index in [-0.39, 0.29) is 5.41 Å². The number of anilines is 1. The molecule has 0 aromatic carbocycles. The average molecular weight is 360 g/mol. The zero-order valence-electron chi connectivity index (χ0n) is 11.8. The van der Waals surface area contributed by atoms with Gasteiger partial charge in [-0.25, -0.2) is 4.98 Å². The molecule has 1 aromatic rings. The molecule has 1 saturated carbocycles. The zero-order valence-corrected chi connectivity index (χ0v) is 14.2. The summed E-state index contributed by atoms with van der Waals surface area (Å²) in [5, 5.41) is 14.4. The van der Waals surface area contributed by atoms with E-state index in [1.165, 1.54) is 5.56 Å². The number of hydrogen-bond acceptors (Lipinski definition) is 3. The van der Waals surface area contributed by atoms with Gasteiger partial charge in [0.1, 0.15) is 5.82 Å². The lowest BCUT2D eigenvalue weighted by atomic mass is 9.65. The van der Waals surface area contributed by atoms with Gasteiger partial charge in [-0.05, 0) is 61.4 Å². The van der Waals surface area contributed by atoms with E-state index >= 15 is 0 Å². The highest BCUT2D eigenvalue weighted by Gasteiger charge is 2.46. The summed E-state index contributed by atoms with van der Waals surface area (Å²) < 4.78 is 0.866. The van der Waals surface area contributed by atoms with Crippen LogP contribution in [0, 0.1) is 5.92 Å². The van der Waals surface area contributed by atoms with Crippen molar-refractivity contribution in [1.82, 2.24) is 4.98 Å². The molecule has 3 rings (SSSR count). The first-order chi connectivity index (χ1) is 9.33. The number of rotatable bonds is 1. The van der Waals surface area contributed by atoms with E-state index in [1.807, 2.05) is 13.8 Å². The molecule has 1 fully saturated rings. The van der Waals surface area contributed by atoms with Crippen LogP contribution in [0.3, 0.4) is 0 Å². The van der Waals surface area contributed by atoms with Gasteiger partial charge >= 0.3 is 0 Å². The highest BCUT2D eigenvalue weighted by molar-refractivity contribution is 9.10. The Morgan fingerprint density at radius 1 is 1.45 bits per heavy atom. The topological polar surface area (TPSA) is 45.1 Å². The largest absolute Gasteiger partial charge is 0.390 e. The van der Waals surface area contributed by atoms with Gasteiger partial charge in [0, 0.05) is 23.7 Å². The molecule has 1 aliphatic carbocycles. The summed E-state index contributed by atoms with van der Waals surface area (Å²) in [6, 6.07) is 0. The molecule has 0 bridgehead atoms. The minimum absolute atomic E-state index is 0.0882. The van der Waals surface area contributed by atoms with Gasteiger partial charge in [0.25, 0.3) is 0 Å². The highest BCUT2D eigenvalue weighted by atomic mass is 79.9. The quantitative estimate of drug-likeness (QED) is 0.792. The monoisotopic (exact) mass is 358 g/mol. The number of fused-ring (bicyclic) bond motifs is 2. The first-order valence-electron chi connectivity index (χ1n) is 7.14. The van der Waals surface area contributed by atoms with Crippen LogP contribution in [-0.2, 0) is 5.41 Å². The van der Waals surface area contributed by atoms with Gasteiger partial charge in [0.15, 0.2) is 0 Å². The molecule has 0 unspecified atom stereocenters. The fourth-order valence-corrected chi connectivity index (χ4v) is 4.37. The first kappa shape index (κ1) is 14.6. The van der Waals surface area contributed by atoms with Crippen molar-refractivity contribution in [3.8, 4) is 0 Å². The van der Waals surface area contributed by atoms with Crippen molar-refractivity contribution in [1.29, 1.82) is 0 Å². The van der Waals surface area contributed by atoms with Crippen molar-refractivity contribution in [2.75, 3.05) is 11.9 Å². The number of nitrogens with one attached hydrogen (secondary N) is 1. The summed E-state index contributed by atoms with van der Waals surface area (Å²) in [5.41, 5.74) is 0.670. The molecule has 2 aliphatic rings. The predicted octanol–water partition coefficient (Wildman–Crippen LogP) is 4.12. The second-order valence-electron chi connectivity index (χ2n) is 6.71. The van der Waals surface area contributed by atoms with E-state index in [1.54, 1.807) is 6.20 Å². The van der Waals surface area contributed by atoms with Crippen LogP contribution in [0.4, 0.5) is 5.82 Å². The Morgan fingerprint density at radius 3 is 2.70 bits per heavy atom. The Hall–Kier alpha value is -0.320. The van der Waals surface area contributed by atoms with Crippen molar-refractivity contribution in [3.63, 3.8) is 0 Å². The molecule has 1 aromatic heterocycles. The van der Waals surface area contributed by atoms with Crippen molar-refractivity contribution in [2.45, 2.75) is 50.5 Å². The molecule has 3 nitrogen and oxygen atoms in total. The van der Waals surface area contributed by atoms with Crippen LogP contribution >= 0.6 is 27.5 Å². The molecular formula is C15H20BrClN2O. The Bertz CT molecular complexity index is 533. The van der Waals surface area contributed by atoms with Crippen molar-refractivity contribution in [3.05, 3.63) is 21.3 Å². The summed E-state index contributed by atoms with van der Waals surface area (Å²) in [6.45, 7) is 4.74. The van der Waals surface area contributed by atoms with Crippen LogP contribution in [0.5, 0.6) is 0 Å². The molecule has 1 spiro atoms. The van der Waals surface area contributed by atoms with Gasteiger partial charge in [-0.1, -0.05) is 11.6 Å². The lowest BCUT2D eigenvalue weighted by Gasteiger charge is -2.41. The number of aliphatic hydroxyl groups is 1. The second-order valence-corrected chi connectivity index (χ2v) is 7.94. The number of halogens is 2. The van der Waals surface area contributed by atoms with Crippen molar-refractivity contribution >= 4 is 33.3 Å². The molecular weight excluding hydrogens is 340 g/mol. The van der Waals surface area contributed by atoms with E-state index < -0.39 is 5.60 Å². The van der Waals surface area contributed by atoms with Gasteiger partial charge in [-0.3, -0.25) is 0 Å². The fraction of sp³-hybridized carbons (Fsp3) is 0.667. The Balaban J connectivity index is 1.91. The third-order valence-corrected chi connectivity index (χ3v) is 6.26. The van der Waals surface area contributed by atoms with E-state index in [4.69, 9.17) is 11.6 Å². The molecule has 2 heterocycles. The molecule has 1 aliphatic heterocycles. The average Bonchev–Trinajstić information content (AvgIpc) is 2.73. The maximum absolute atomic E-state index is 10.2. The Labute approximate surface area is 133 Å². The molecule has 0 saturated heterocycles. The minimum Gasteiger partial charge on any atom is -0.390 e. The maximum atomic E-state index is 10.2. The van der Waals surface area contributed by atoms with Gasteiger partial charge < -0.3 is 10.4 Å². The van der Waals surface area contributed by atoms with Crippen LogP contribution in [0.15, 0.2) is 10.7 Å². The van der Waals surface area contributed by atoms with Crippen LogP contribution in [0.1, 0.15) is 45.1 Å². The highest BCUT2D eigenvalue weighted by Crippen LogP contribution is 2.52. The van der Waals surface area contributed by atoms with E-state index in [0.717, 1.165) is 47.5 Å². The van der Waals surface area contributed by atoms with Crippen molar-refractivity contribution in [2.24, 2.45) is 5.92 Å². The van der Waals surface area contributed by atoms with Gasteiger partial charge in [0.2, 0.25) is 0 Å². The Kier molecular flexibility index (Phi) is 3.55. The second kappa shape index (κ2) is 4.85. The first-order valence-corrected chi connectivity index (χ1v) is 8.31. The minimum atomic E-state index is -0.588. The van der Waals surface area contributed by atoms with Crippen LogP contribution in [0.25, 0.3) is 0 Å². The lowest BCUT2D eigenvalue weighted by Crippen LogP contribution is -2.40. The predicted molar refractivity (Wildman–Crippen MR) is 85.4 cm³/mol. The van der Waals surface area contributed by atoms with Crippen LogP contribution in [-0.4, -0.2) is 22.2 Å². The molecule has 5 heteroatoms. The van der Waals surface area contributed by atoms with Crippen molar-refractivity contribution < 1.29 is 5.11 Å².